The molecule has 0 fully saturated rings. The third-order valence-electron chi connectivity index (χ3n) is 11.8. The van der Waals surface area contributed by atoms with Crippen LogP contribution in [-0.2, 0) is 20.6 Å². The van der Waals surface area contributed by atoms with Crippen LogP contribution in [0.1, 0.15) is 27.0 Å². The number of hydrogen-bond acceptors (Lipinski definition) is 2. The molecule has 8 aromatic carbocycles. The topological polar surface area (TPSA) is 34.1 Å². The number of Topliss-reactive ketones (excluding diaryl/α,β-unsaturated/α-hetero) is 1. The largest absolute Gasteiger partial charge is 0.289 e. The molecule has 0 spiro atoms. The van der Waals surface area contributed by atoms with E-state index in [1.165, 1.54) is 5.56 Å². The molecular weight excluding hydrogens is 1090 g/mol. The summed E-state index contributed by atoms with van der Waals surface area (Å²) < 4.78 is 308. The van der Waals surface area contributed by atoms with Crippen LogP contribution in [0.15, 0.2) is 120 Å². The van der Waals surface area contributed by atoms with Crippen LogP contribution in [0.5, 0.6) is 0 Å². The zero-order valence-electron chi connectivity index (χ0n) is 37.7. The fourth-order valence-corrected chi connectivity index (χ4v) is 10.0. The van der Waals surface area contributed by atoms with E-state index >= 15 is 35.1 Å². The van der Waals surface area contributed by atoms with Crippen LogP contribution in [0.4, 0.5) is 87.8 Å². The van der Waals surface area contributed by atoms with Gasteiger partial charge >= 0.3 is 0 Å². The summed E-state index contributed by atoms with van der Waals surface area (Å²) >= 11 is 0. The summed E-state index contributed by atoms with van der Waals surface area (Å²) in [6, 6.07) is 36.2. The first-order chi connectivity index (χ1) is 36.3. The highest BCUT2D eigenvalue weighted by atomic mass is 32.2. The minimum atomic E-state index is -7.22. The lowest BCUT2D eigenvalue weighted by molar-refractivity contribution is 0.102. The summed E-state index contributed by atoms with van der Waals surface area (Å²) in [6.45, 7) is 0. The van der Waals surface area contributed by atoms with Crippen molar-refractivity contribution in [3.63, 3.8) is 0 Å². The van der Waals surface area contributed by atoms with Crippen LogP contribution >= 0.6 is 0 Å². The van der Waals surface area contributed by atoms with Gasteiger partial charge in [0.05, 0.1) is 0 Å². The minimum absolute atomic E-state index is 0.144. The molecule has 1 unspecified atom stereocenters. The van der Waals surface area contributed by atoms with Crippen LogP contribution in [0.25, 0.3) is 0 Å². The molecule has 0 radical (unpaired) electrons. The van der Waals surface area contributed by atoms with Crippen molar-refractivity contribution in [1.82, 2.24) is 0 Å². The SMILES string of the molecule is Fc1c(F)c(F)c([B-](c2c(F)c(F)c(F)c(F)c2F)(c2c(F)c(F)c(F)c(F)c2F)c2c(F)c(F)c(F)c(F)c2F)c(F)c1F.O=C(C[S+](=O)(C#Cc1ccccc1)c1ccccc1)c1ccc(Cc2ccccc2)cc1. The average molecular weight is 1110 g/mol. The number of benzene rings is 8. The molecule has 0 aliphatic carbocycles. The average Bonchev–Trinajstić information content (AvgIpc) is 3.45. The summed E-state index contributed by atoms with van der Waals surface area (Å²) in [7, 11) is -2.88. The van der Waals surface area contributed by atoms with Crippen LogP contribution < -0.4 is 21.9 Å². The van der Waals surface area contributed by atoms with E-state index in [0.717, 1.165) is 17.5 Å². The van der Waals surface area contributed by atoms with E-state index in [9.17, 15) is 61.7 Å². The van der Waals surface area contributed by atoms with E-state index in [-0.39, 0.29) is 11.5 Å². The monoisotopic (exact) mass is 1110 g/mol. The zero-order valence-corrected chi connectivity index (χ0v) is 38.6. The van der Waals surface area contributed by atoms with E-state index < -0.39 is 154 Å². The van der Waals surface area contributed by atoms with Gasteiger partial charge in [-0.3, -0.25) is 4.79 Å². The molecule has 0 saturated heterocycles. The lowest BCUT2D eigenvalue weighted by Crippen LogP contribution is -2.81. The van der Waals surface area contributed by atoms with E-state index in [1.807, 2.05) is 91.0 Å². The summed E-state index contributed by atoms with van der Waals surface area (Å²) in [4.78, 5) is 13.6. The van der Waals surface area contributed by atoms with Gasteiger partial charge in [0.15, 0.2) is 85.7 Å². The molecule has 0 amide bonds. The fraction of sp³-hybridized carbons (Fsp3) is 0.0377. The molecule has 0 aromatic heterocycles. The molecular formula is C53H23BF20O2S. The second kappa shape index (κ2) is 22.2. The number of ketones is 1. The van der Waals surface area contributed by atoms with E-state index in [0.29, 0.717) is 10.5 Å². The van der Waals surface area contributed by atoms with E-state index in [1.54, 1.807) is 12.1 Å². The lowest BCUT2D eigenvalue weighted by Gasteiger charge is -2.44. The third-order valence-corrected chi connectivity index (χ3v) is 14.0. The second-order valence-corrected chi connectivity index (χ2v) is 18.6. The van der Waals surface area contributed by atoms with Crippen molar-refractivity contribution in [2.45, 2.75) is 11.3 Å². The van der Waals surface area contributed by atoms with Crippen molar-refractivity contribution in [2.75, 3.05) is 5.75 Å². The van der Waals surface area contributed by atoms with Gasteiger partial charge in [0.25, 0.3) is 0 Å². The molecule has 8 aromatic rings. The van der Waals surface area contributed by atoms with Crippen molar-refractivity contribution in [2.24, 2.45) is 0 Å². The quantitative estimate of drug-likeness (QED) is 0.0260. The molecule has 0 bridgehead atoms. The van der Waals surface area contributed by atoms with Gasteiger partial charge in [-0.2, -0.15) is 0 Å². The Morgan fingerprint density at radius 3 is 0.948 bits per heavy atom. The minimum Gasteiger partial charge on any atom is -0.289 e. The van der Waals surface area contributed by atoms with Gasteiger partial charge in [0.2, 0.25) is 15.7 Å². The Morgan fingerprint density at radius 2 is 0.623 bits per heavy atom. The molecule has 0 aliphatic rings. The van der Waals surface area contributed by atoms with Gasteiger partial charge in [-0.25, -0.2) is 87.8 Å². The molecule has 0 saturated carbocycles. The van der Waals surface area contributed by atoms with E-state index in [4.69, 9.17) is 0 Å². The van der Waals surface area contributed by atoms with Crippen molar-refractivity contribution in [1.29, 1.82) is 0 Å². The summed E-state index contributed by atoms with van der Waals surface area (Å²) in [6.07, 6.45) is -6.41. The Labute approximate surface area is 421 Å². The van der Waals surface area contributed by atoms with Crippen LogP contribution in [0.2, 0.25) is 0 Å². The maximum atomic E-state index is 15.4. The molecule has 77 heavy (non-hydrogen) atoms. The van der Waals surface area contributed by atoms with E-state index in [2.05, 4.69) is 23.3 Å². The Hall–Kier alpha value is -8.20. The molecule has 2 nitrogen and oxygen atoms in total. The van der Waals surface area contributed by atoms with Gasteiger partial charge in [0.1, 0.15) is 52.7 Å². The van der Waals surface area contributed by atoms with Gasteiger partial charge in [0, 0.05) is 11.1 Å². The summed E-state index contributed by atoms with van der Waals surface area (Å²) in [5.41, 5.74) is -10.7. The highest BCUT2D eigenvalue weighted by molar-refractivity contribution is 8.07. The van der Waals surface area contributed by atoms with Gasteiger partial charge in [-0.15, -0.1) is 21.9 Å². The summed E-state index contributed by atoms with van der Waals surface area (Å²) in [5, 5.41) is 2.93. The normalized spacial score (nSPS) is 12.1. The van der Waals surface area contributed by atoms with Crippen LogP contribution in [0.3, 0.4) is 0 Å². The molecule has 0 N–H and O–H groups in total. The van der Waals surface area contributed by atoms with Crippen molar-refractivity contribution < 1.29 is 96.8 Å². The Bertz CT molecular complexity index is 3360. The molecule has 24 heteroatoms. The van der Waals surface area contributed by atoms with Crippen molar-refractivity contribution >= 4 is 43.7 Å². The number of halogens is 20. The first kappa shape index (κ1) is 56.5. The molecule has 1 atom stereocenters. The Morgan fingerprint density at radius 1 is 0.351 bits per heavy atom. The number of carbonyl (C=O) groups is 1. The molecule has 8 rings (SSSR count). The Balaban J connectivity index is 0.000000236. The summed E-state index contributed by atoms with van der Waals surface area (Å²) in [5.74, 6) is -68.7. The predicted molar refractivity (Wildman–Crippen MR) is 240 cm³/mol. The first-order valence-electron chi connectivity index (χ1n) is 21.4. The van der Waals surface area contributed by atoms with Crippen LogP contribution in [-0.4, -0.2) is 17.7 Å². The highest BCUT2D eigenvalue weighted by Crippen LogP contribution is 2.31. The first-order valence-corrected chi connectivity index (χ1v) is 23.1. The van der Waals surface area contributed by atoms with Gasteiger partial charge in [-0.1, -0.05) is 95.2 Å². The third kappa shape index (κ3) is 10.1. The Kier molecular flexibility index (Phi) is 16.3. The second-order valence-electron chi connectivity index (χ2n) is 16.3. The maximum Gasteiger partial charge on any atom is 0.213 e. The van der Waals surface area contributed by atoms with Gasteiger partial charge in [-0.05, 0) is 47.7 Å². The molecule has 0 aliphatic heterocycles. The number of carbonyl (C=O) groups excluding carboxylic acids is 1. The smallest absolute Gasteiger partial charge is 0.213 e. The fourth-order valence-electron chi connectivity index (χ4n) is 8.26. The molecule has 0 heterocycles. The van der Waals surface area contributed by atoms with Crippen molar-refractivity contribution in [3.8, 4) is 11.2 Å². The maximum absolute atomic E-state index is 15.4. The van der Waals surface area contributed by atoms with Crippen molar-refractivity contribution in [3.05, 3.63) is 254 Å². The lowest BCUT2D eigenvalue weighted by atomic mass is 9.12. The number of rotatable bonds is 10. The van der Waals surface area contributed by atoms with Crippen LogP contribution in [0, 0.1) is 128 Å². The predicted octanol–water partition coefficient (Wildman–Crippen LogP) is 11.9. The number of hydrogen-bond donors (Lipinski definition) is 0. The standard InChI is InChI=1S/C29H23O2S.C24BF20/c30-29(27-18-16-26(17-19-27)22-25-12-6-2-7-13-25)23-32(31,28-14-8-3-9-15-28)21-20-24-10-4-1-5-11-24;26-5-1(6(27)14(35)21(42)13(5)34)25(2-7(28)15(36)22(43)16(37)8(2)29,3-9(30)17(38)23(44)18(39)10(3)31)4-11(32)19(40)24(45)20(41)12(4)33/h1-19H,22-23H2;/q+1;-1. The highest BCUT2D eigenvalue weighted by Gasteiger charge is 2.52. The zero-order chi connectivity index (χ0) is 56.6. The van der Waals surface area contributed by atoms with Gasteiger partial charge < -0.3 is 0 Å². The molecule has 396 valence electrons.